The molecule has 21 heavy (non-hydrogen) atoms. The number of alkyl halides is 1. The molecule has 8 saturated carbocycles. The van der Waals surface area contributed by atoms with Crippen molar-refractivity contribution in [3.63, 3.8) is 0 Å². The zero-order valence-corrected chi connectivity index (χ0v) is 14.5. The third-order valence-corrected chi connectivity index (χ3v) is 9.84. The first-order chi connectivity index (χ1) is 10.3. The molecule has 0 spiro atoms. The fourth-order valence-corrected chi connectivity index (χ4v) is 9.16. The first-order valence-corrected chi connectivity index (χ1v) is 10.6. The van der Waals surface area contributed by atoms with Crippen molar-refractivity contribution in [1.29, 1.82) is 0 Å². The molecular formula is C20H27Br. The lowest BCUT2D eigenvalue weighted by Crippen LogP contribution is -2.50. The van der Waals surface area contributed by atoms with Gasteiger partial charge in [-0.15, -0.1) is 0 Å². The van der Waals surface area contributed by atoms with Crippen LogP contribution < -0.4 is 0 Å². The second-order valence-corrected chi connectivity index (χ2v) is 10.6. The largest absolute Gasteiger partial charge is 0.0881 e. The van der Waals surface area contributed by atoms with Gasteiger partial charge < -0.3 is 0 Å². The fraction of sp³-hybridized carbons (Fsp3) is 0.900. The van der Waals surface area contributed by atoms with Gasteiger partial charge in [0.1, 0.15) is 0 Å². The second kappa shape index (κ2) is 4.19. The van der Waals surface area contributed by atoms with E-state index >= 15 is 0 Å². The van der Waals surface area contributed by atoms with Crippen molar-refractivity contribution < 1.29 is 0 Å². The molecule has 0 aliphatic heterocycles. The maximum Gasteiger partial charge on any atom is 0.0240 e. The summed E-state index contributed by atoms with van der Waals surface area (Å²) in [4.78, 5) is 0.838. The van der Waals surface area contributed by atoms with E-state index in [1.165, 1.54) is 12.8 Å². The zero-order chi connectivity index (χ0) is 13.7. The Morgan fingerprint density at radius 1 is 0.571 bits per heavy atom. The summed E-state index contributed by atoms with van der Waals surface area (Å²) >= 11 is 4.15. The Bertz CT molecular complexity index is 488. The first kappa shape index (κ1) is 12.6. The summed E-state index contributed by atoms with van der Waals surface area (Å²) in [6.07, 6.45) is 14.1. The highest BCUT2D eigenvalue weighted by Crippen LogP contribution is 2.64. The Labute approximate surface area is 137 Å². The molecule has 8 rings (SSSR count). The minimum Gasteiger partial charge on any atom is -0.0881 e. The smallest absolute Gasteiger partial charge is 0.0240 e. The van der Waals surface area contributed by atoms with E-state index in [0.29, 0.717) is 0 Å². The van der Waals surface area contributed by atoms with Gasteiger partial charge in [0.25, 0.3) is 0 Å². The van der Waals surface area contributed by atoms with Crippen LogP contribution in [0.2, 0.25) is 0 Å². The minimum atomic E-state index is 0.838. The summed E-state index contributed by atoms with van der Waals surface area (Å²) in [5.41, 5.74) is 4.12. The van der Waals surface area contributed by atoms with Crippen molar-refractivity contribution in [2.24, 2.45) is 47.3 Å². The van der Waals surface area contributed by atoms with Crippen LogP contribution in [0.5, 0.6) is 0 Å². The van der Waals surface area contributed by atoms with E-state index in [-0.39, 0.29) is 0 Å². The first-order valence-electron chi connectivity index (χ1n) is 9.64. The van der Waals surface area contributed by atoms with Crippen LogP contribution in [0.1, 0.15) is 57.8 Å². The molecule has 114 valence electrons. The molecule has 0 heterocycles. The van der Waals surface area contributed by atoms with Gasteiger partial charge in [-0.25, -0.2) is 0 Å². The van der Waals surface area contributed by atoms with Crippen LogP contribution in [-0.2, 0) is 0 Å². The Morgan fingerprint density at radius 2 is 1.14 bits per heavy atom. The van der Waals surface area contributed by atoms with Crippen molar-refractivity contribution >= 4 is 15.9 Å². The molecule has 5 atom stereocenters. The Morgan fingerprint density at radius 3 is 1.81 bits per heavy atom. The topological polar surface area (TPSA) is 0 Å². The molecule has 1 heteroatoms. The normalized spacial score (nSPS) is 60.1. The van der Waals surface area contributed by atoms with Crippen LogP contribution in [-0.4, -0.2) is 4.83 Å². The molecule has 0 saturated heterocycles. The lowest BCUT2D eigenvalue weighted by molar-refractivity contribution is 0.0458. The van der Waals surface area contributed by atoms with E-state index in [9.17, 15) is 0 Å². The Balaban J connectivity index is 1.47. The predicted octanol–water partition coefficient (Wildman–Crippen LogP) is 5.57. The van der Waals surface area contributed by atoms with Gasteiger partial charge in [-0.3, -0.25) is 0 Å². The van der Waals surface area contributed by atoms with E-state index in [1.54, 1.807) is 44.9 Å². The molecule has 0 aromatic heterocycles. The van der Waals surface area contributed by atoms with Gasteiger partial charge in [0, 0.05) is 4.83 Å². The van der Waals surface area contributed by atoms with Crippen molar-refractivity contribution in [1.82, 2.24) is 0 Å². The number of rotatable bonds is 0. The Hall–Kier alpha value is 0.220. The summed E-state index contributed by atoms with van der Waals surface area (Å²) < 4.78 is 0. The molecule has 8 bridgehead atoms. The summed E-state index contributed by atoms with van der Waals surface area (Å²) in [7, 11) is 0. The van der Waals surface area contributed by atoms with Crippen LogP contribution in [0.3, 0.4) is 0 Å². The summed E-state index contributed by atoms with van der Waals surface area (Å²) in [6, 6.07) is 0. The molecular weight excluding hydrogens is 320 g/mol. The number of halogens is 1. The van der Waals surface area contributed by atoms with Gasteiger partial charge in [-0.05, 0) is 105 Å². The van der Waals surface area contributed by atoms with Gasteiger partial charge in [-0.1, -0.05) is 27.1 Å². The SMILES string of the molecule is BrC1C2CC3CC(C2)C(=C2C4CC5CC(C4)CC2C5)C1C3. The van der Waals surface area contributed by atoms with E-state index < -0.39 is 0 Å². The van der Waals surface area contributed by atoms with Crippen molar-refractivity contribution in [2.75, 3.05) is 0 Å². The van der Waals surface area contributed by atoms with E-state index in [2.05, 4.69) is 27.1 Å². The molecule has 0 aromatic rings. The van der Waals surface area contributed by atoms with Gasteiger partial charge in [-0.2, -0.15) is 0 Å². The number of hydrogen-bond acceptors (Lipinski definition) is 0. The average molecular weight is 347 g/mol. The van der Waals surface area contributed by atoms with E-state index in [1.807, 2.05) is 0 Å². The molecule has 0 aromatic carbocycles. The van der Waals surface area contributed by atoms with Crippen LogP contribution >= 0.6 is 15.9 Å². The highest BCUT2D eigenvalue weighted by molar-refractivity contribution is 9.09. The molecule has 0 nitrogen and oxygen atoms in total. The predicted molar refractivity (Wildman–Crippen MR) is 89.2 cm³/mol. The van der Waals surface area contributed by atoms with Crippen molar-refractivity contribution in [2.45, 2.75) is 62.6 Å². The summed E-state index contributed by atoms with van der Waals surface area (Å²) in [5, 5.41) is 0. The van der Waals surface area contributed by atoms with Crippen LogP contribution in [0.4, 0.5) is 0 Å². The van der Waals surface area contributed by atoms with E-state index in [0.717, 1.165) is 52.2 Å². The number of hydrogen-bond donors (Lipinski definition) is 0. The van der Waals surface area contributed by atoms with Gasteiger partial charge >= 0.3 is 0 Å². The van der Waals surface area contributed by atoms with Gasteiger partial charge in [0.2, 0.25) is 0 Å². The summed E-state index contributed by atoms with van der Waals surface area (Å²) in [5.74, 6) is 8.40. The van der Waals surface area contributed by atoms with E-state index in [4.69, 9.17) is 0 Å². The summed E-state index contributed by atoms with van der Waals surface area (Å²) in [6.45, 7) is 0. The Kier molecular flexibility index (Phi) is 2.52. The monoisotopic (exact) mass is 346 g/mol. The minimum absolute atomic E-state index is 0.838. The molecule has 0 amide bonds. The van der Waals surface area contributed by atoms with Crippen LogP contribution in [0.15, 0.2) is 11.1 Å². The van der Waals surface area contributed by atoms with Crippen molar-refractivity contribution in [3.8, 4) is 0 Å². The van der Waals surface area contributed by atoms with Gasteiger partial charge in [0.15, 0.2) is 0 Å². The molecule has 0 radical (unpaired) electrons. The lowest BCUT2D eigenvalue weighted by atomic mass is 9.48. The average Bonchev–Trinajstić information content (AvgIpc) is 2.45. The lowest BCUT2D eigenvalue weighted by Gasteiger charge is -2.59. The van der Waals surface area contributed by atoms with Crippen molar-refractivity contribution in [3.05, 3.63) is 11.1 Å². The highest BCUT2D eigenvalue weighted by Gasteiger charge is 2.54. The molecule has 5 unspecified atom stereocenters. The second-order valence-electron chi connectivity index (χ2n) is 9.53. The van der Waals surface area contributed by atoms with Gasteiger partial charge in [0.05, 0.1) is 0 Å². The quantitative estimate of drug-likeness (QED) is 0.397. The zero-order valence-electron chi connectivity index (χ0n) is 12.9. The molecule has 8 aliphatic carbocycles. The van der Waals surface area contributed by atoms with Crippen LogP contribution in [0, 0.1) is 47.3 Å². The molecule has 0 N–H and O–H groups in total. The van der Waals surface area contributed by atoms with Crippen LogP contribution in [0.25, 0.3) is 0 Å². The third kappa shape index (κ3) is 1.63. The fourth-order valence-electron chi connectivity index (χ4n) is 8.22. The maximum atomic E-state index is 4.15. The number of allylic oxidation sites excluding steroid dienone is 2. The third-order valence-electron chi connectivity index (χ3n) is 8.45. The standard InChI is InChI=1S/C20H27Br/c21-20-16-7-12-6-15(9-16)19(17(20)8-12)18-13-2-10-1-11(4-13)5-14(18)3-10/h10-17,20H,1-9H2. The highest BCUT2D eigenvalue weighted by atomic mass is 79.9. The molecule has 8 aliphatic rings. The maximum absolute atomic E-state index is 4.15. The molecule has 8 fully saturated rings.